The van der Waals surface area contributed by atoms with Crippen molar-refractivity contribution in [1.29, 1.82) is 0 Å². The first-order chi connectivity index (χ1) is 16.2. The Morgan fingerprint density at radius 3 is 2.85 bits per heavy atom. The van der Waals surface area contributed by atoms with Gasteiger partial charge in [0, 0.05) is 32.1 Å². The maximum atomic E-state index is 13.9. The molecule has 1 atom stereocenters. The number of rotatable bonds is 3. The van der Waals surface area contributed by atoms with E-state index in [2.05, 4.69) is 58.0 Å². The summed E-state index contributed by atoms with van der Waals surface area (Å²) in [6.45, 7) is 0.624. The smallest absolute Gasteiger partial charge is 0.310 e. The van der Waals surface area contributed by atoms with Crippen molar-refractivity contribution in [2.45, 2.75) is 43.2 Å². The van der Waals surface area contributed by atoms with Gasteiger partial charge in [-0.1, -0.05) is 12.1 Å². The highest BCUT2D eigenvalue weighted by Gasteiger charge is 2.36. The molecule has 0 unspecified atom stereocenters. The molecule has 1 aliphatic heterocycles. The van der Waals surface area contributed by atoms with Gasteiger partial charge in [-0.2, -0.15) is 0 Å². The highest BCUT2D eigenvalue weighted by molar-refractivity contribution is 7.98. The first-order valence-corrected chi connectivity index (χ1v) is 14.2. The van der Waals surface area contributed by atoms with Gasteiger partial charge in [-0.05, 0) is 79.3 Å². The molecule has 6 rings (SSSR count). The van der Waals surface area contributed by atoms with E-state index >= 15 is 0 Å². The van der Waals surface area contributed by atoms with Crippen LogP contribution < -0.4 is 5.32 Å². The topological polar surface area (TPSA) is 37.3 Å². The van der Waals surface area contributed by atoms with Gasteiger partial charge in [-0.25, -0.2) is 4.79 Å². The van der Waals surface area contributed by atoms with Crippen LogP contribution in [0, 0.1) is 0 Å². The molecular weight excluding hydrogens is 467 g/mol. The molecule has 168 valence electrons. The van der Waals surface area contributed by atoms with Gasteiger partial charge < -0.3 is 14.8 Å². The van der Waals surface area contributed by atoms with Crippen LogP contribution in [0.1, 0.15) is 45.5 Å². The highest BCUT2D eigenvalue weighted by Crippen LogP contribution is 2.44. The Morgan fingerprint density at radius 1 is 1.09 bits per heavy atom. The molecule has 0 spiro atoms. The second-order valence-electron chi connectivity index (χ2n) is 8.51. The monoisotopic (exact) mass is 491 g/mol. The van der Waals surface area contributed by atoms with Crippen LogP contribution in [0.4, 0.5) is 10.5 Å². The summed E-state index contributed by atoms with van der Waals surface area (Å²) in [4.78, 5) is 19.7. The van der Waals surface area contributed by atoms with Crippen molar-refractivity contribution in [2.75, 3.05) is 11.6 Å². The van der Waals surface area contributed by atoms with E-state index in [1.165, 1.54) is 38.7 Å². The number of carbonyl (C=O) groups is 1. The Hall–Kier alpha value is -2.48. The summed E-state index contributed by atoms with van der Waals surface area (Å²) in [6.07, 6.45) is 8.99. The molecule has 1 aliphatic carbocycles. The fourth-order valence-corrected chi connectivity index (χ4v) is 7.74. The van der Waals surface area contributed by atoms with Crippen LogP contribution in [-0.4, -0.2) is 21.8 Å². The molecule has 3 aromatic heterocycles. The molecule has 7 heteroatoms. The molecule has 4 nitrogen and oxygen atoms in total. The van der Waals surface area contributed by atoms with E-state index in [9.17, 15) is 4.79 Å². The zero-order valence-corrected chi connectivity index (χ0v) is 20.9. The van der Waals surface area contributed by atoms with E-state index in [-0.39, 0.29) is 12.1 Å². The first kappa shape index (κ1) is 21.1. The largest absolute Gasteiger partial charge is 0.323 e. The van der Waals surface area contributed by atoms with Crippen molar-refractivity contribution in [2.24, 2.45) is 0 Å². The quantitative estimate of drug-likeness (QED) is 0.305. The lowest BCUT2D eigenvalue weighted by molar-refractivity contribution is 0.195. The zero-order chi connectivity index (χ0) is 22.4. The van der Waals surface area contributed by atoms with Crippen LogP contribution in [0.5, 0.6) is 0 Å². The molecule has 33 heavy (non-hydrogen) atoms. The van der Waals surface area contributed by atoms with Gasteiger partial charge in [0.15, 0.2) is 0 Å². The van der Waals surface area contributed by atoms with E-state index in [1.54, 1.807) is 23.1 Å². The van der Waals surface area contributed by atoms with Crippen LogP contribution >= 0.6 is 34.4 Å². The maximum absolute atomic E-state index is 13.9. The van der Waals surface area contributed by atoms with Crippen molar-refractivity contribution in [3.05, 3.63) is 86.7 Å². The van der Waals surface area contributed by atoms with Crippen molar-refractivity contribution < 1.29 is 4.79 Å². The number of nitrogens with one attached hydrogen (secondary N) is 1. The SMILES string of the molecule is CSc1cccc(NC(=O)N2Cc3c(sc4c3CCCC4)-n3cccc3[C@H]2c2cccs2)c1. The number of hydrogen-bond donors (Lipinski definition) is 1. The van der Waals surface area contributed by atoms with Crippen LogP contribution in [0.15, 0.2) is 65.0 Å². The number of thioether (sulfide) groups is 1. The number of carbonyl (C=O) groups excluding carboxylic acids is 1. The molecule has 0 saturated carbocycles. The first-order valence-electron chi connectivity index (χ1n) is 11.3. The third-order valence-corrected chi connectivity index (χ3v) is 9.56. The third kappa shape index (κ3) is 3.72. The fraction of sp³-hybridized carbons (Fsp3) is 0.269. The van der Waals surface area contributed by atoms with Crippen LogP contribution in [0.25, 0.3) is 5.00 Å². The molecule has 0 fully saturated rings. The number of benzene rings is 1. The highest BCUT2D eigenvalue weighted by atomic mass is 32.2. The second-order valence-corrected chi connectivity index (χ2v) is 11.4. The number of nitrogens with zero attached hydrogens (tertiary/aromatic N) is 2. The summed E-state index contributed by atoms with van der Waals surface area (Å²) in [5, 5.41) is 6.60. The van der Waals surface area contributed by atoms with Crippen molar-refractivity contribution in [1.82, 2.24) is 9.47 Å². The van der Waals surface area contributed by atoms with Gasteiger partial charge in [0.05, 0.1) is 12.2 Å². The number of aromatic nitrogens is 1. The van der Waals surface area contributed by atoms with Crippen molar-refractivity contribution in [3.8, 4) is 5.00 Å². The molecule has 2 amide bonds. The molecule has 0 radical (unpaired) electrons. The van der Waals surface area contributed by atoms with E-state index in [0.717, 1.165) is 29.1 Å². The zero-order valence-electron chi connectivity index (χ0n) is 18.4. The summed E-state index contributed by atoms with van der Waals surface area (Å²) < 4.78 is 2.34. The number of anilines is 1. The lowest BCUT2D eigenvalue weighted by Gasteiger charge is -2.30. The van der Waals surface area contributed by atoms with Crippen molar-refractivity contribution >= 4 is 46.2 Å². The Balaban J connectivity index is 1.47. The van der Waals surface area contributed by atoms with Gasteiger partial charge in [-0.3, -0.25) is 0 Å². The van der Waals surface area contributed by atoms with E-state index in [1.807, 2.05) is 34.4 Å². The minimum Gasteiger partial charge on any atom is -0.310 e. The molecular formula is C26H25N3OS3. The summed E-state index contributed by atoms with van der Waals surface area (Å²) in [5.41, 5.74) is 4.81. The number of aryl methyl sites for hydroxylation is 1. The third-order valence-electron chi connectivity index (χ3n) is 6.57. The summed E-state index contributed by atoms with van der Waals surface area (Å²) >= 11 is 5.32. The Bertz CT molecular complexity index is 1300. The van der Waals surface area contributed by atoms with Crippen LogP contribution in [-0.2, 0) is 19.4 Å². The molecule has 4 heterocycles. The number of amides is 2. The Morgan fingerprint density at radius 2 is 2.00 bits per heavy atom. The van der Waals surface area contributed by atoms with Gasteiger partial charge in [0.1, 0.15) is 11.0 Å². The number of hydrogen-bond acceptors (Lipinski definition) is 4. The molecule has 0 saturated heterocycles. The van der Waals surface area contributed by atoms with E-state index < -0.39 is 0 Å². The van der Waals surface area contributed by atoms with E-state index in [4.69, 9.17) is 0 Å². The minimum absolute atomic E-state index is 0.0528. The predicted molar refractivity (Wildman–Crippen MR) is 139 cm³/mol. The number of thiophene rings is 2. The minimum atomic E-state index is -0.123. The summed E-state index contributed by atoms with van der Waals surface area (Å²) in [6, 6.07) is 16.4. The standard InChI is InChI=1S/C26H25N3OS3/c1-31-18-8-4-7-17(15-18)27-26(30)29-16-20-19-9-2-3-11-22(19)33-25(20)28-13-5-10-21(28)24(29)23-12-6-14-32-23/h4-8,10,12-15,24H,2-3,9,11,16H2,1H3,(H,27,30)/t24-/m0/s1. The van der Waals surface area contributed by atoms with E-state index in [0.29, 0.717) is 6.54 Å². The maximum Gasteiger partial charge on any atom is 0.323 e. The van der Waals surface area contributed by atoms with Crippen LogP contribution in [0.2, 0.25) is 0 Å². The van der Waals surface area contributed by atoms with Crippen molar-refractivity contribution in [3.63, 3.8) is 0 Å². The van der Waals surface area contributed by atoms with Crippen LogP contribution in [0.3, 0.4) is 0 Å². The number of fused-ring (bicyclic) bond motifs is 5. The molecule has 4 aromatic rings. The lowest BCUT2D eigenvalue weighted by atomic mass is 9.95. The van der Waals surface area contributed by atoms with Gasteiger partial charge >= 0.3 is 6.03 Å². The normalized spacial score (nSPS) is 17.1. The number of urea groups is 1. The molecule has 1 aromatic carbocycles. The molecule has 2 aliphatic rings. The van der Waals surface area contributed by atoms with Gasteiger partial charge in [0.25, 0.3) is 0 Å². The Labute approximate surface area is 206 Å². The average molecular weight is 492 g/mol. The summed E-state index contributed by atoms with van der Waals surface area (Å²) in [7, 11) is 0. The molecule has 1 N–H and O–H groups in total. The summed E-state index contributed by atoms with van der Waals surface area (Å²) in [5.74, 6) is 0. The fourth-order valence-electron chi connectivity index (χ4n) is 5.03. The second kappa shape index (κ2) is 8.70. The predicted octanol–water partition coefficient (Wildman–Crippen LogP) is 7.34. The molecule has 0 bridgehead atoms. The van der Waals surface area contributed by atoms with Gasteiger partial charge in [-0.15, -0.1) is 34.4 Å². The lowest BCUT2D eigenvalue weighted by Crippen LogP contribution is -2.37. The average Bonchev–Trinajstić information content (AvgIpc) is 3.58. The Kier molecular flexibility index (Phi) is 5.56. The van der Waals surface area contributed by atoms with Gasteiger partial charge in [0.2, 0.25) is 0 Å².